The lowest BCUT2D eigenvalue weighted by Crippen LogP contribution is -1.98. The molecule has 0 saturated carbocycles. The first-order chi connectivity index (χ1) is 7.99. The number of aromatic nitrogens is 1. The molecule has 0 aliphatic carbocycles. The Bertz CT molecular complexity index is 597. The van der Waals surface area contributed by atoms with Crippen LogP contribution in [-0.2, 0) is 0 Å². The highest BCUT2D eigenvalue weighted by molar-refractivity contribution is 7.15. The fourth-order valence-corrected chi connectivity index (χ4v) is 2.49. The smallest absolute Gasteiger partial charge is 0.356 e. The molecule has 6 heteroatoms. The minimum absolute atomic E-state index is 0.0322. The zero-order valence-electron chi connectivity index (χ0n) is 8.70. The maximum atomic E-state index is 13.0. The highest BCUT2D eigenvalue weighted by Gasteiger charge is 2.17. The van der Waals surface area contributed by atoms with Crippen molar-refractivity contribution in [1.29, 1.82) is 0 Å². The van der Waals surface area contributed by atoms with Crippen LogP contribution in [0.2, 0.25) is 5.02 Å². The van der Waals surface area contributed by atoms with E-state index in [2.05, 4.69) is 4.98 Å². The molecule has 3 nitrogen and oxygen atoms in total. The van der Waals surface area contributed by atoms with Crippen LogP contribution in [0.5, 0.6) is 0 Å². The Morgan fingerprint density at radius 3 is 2.82 bits per heavy atom. The minimum atomic E-state index is -1.11. The van der Waals surface area contributed by atoms with Gasteiger partial charge < -0.3 is 5.11 Å². The molecule has 0 bridgehead atoms. The SMILES string of the molecule is Cc1nc(C(=O)O)c(-c2ccc(F)c(Cl)c2)s1. The lowest BCUT2D eigenvalue weighted by molar-refractivity contribution is 0.0692. The van der Waals surface area contributed by atoms with E-state index in [0.717, 1.165) is 0 Å². The third-order valence-corrected chi connectivity index (χ3v) is 3.43. The van der Waals surface area contributed by atoms with Gasteiger partial charge in [0.15, 0.2) is 5.69 Å². The standard InChI is InChI=1S/C11H7ClFNO2S/c1-5-14-9(11(15)16)10(17-5)6-2-3-8(13)7(12)4-6/h2-4H,1H3,(H,15,16). The van der Waals surface area contributed by atoms with Crippen LogP contribution in [0.15, 0.2) is 18.2 Å². The quantitative estimate of drug-likeness (QED) is 0.908. The largest absolute Gasteiger partial charge is 0.476 e. The van der Waals surface area contributed by atoms with Crippen LogP contribution in [0.3, 0.4) is 0 Å². The number of rotatable bonds is 2. The Hall–Kier alpha value is -1.46. The maximum Gasteiger partial charge on any atom is 0.356 e. The van der Waals surface area contributed by atoms with Crippen LogP contribution in [0.25, 0.3) is 10.4 Å². The summed E-state index contributed by atoms with van der Waals surface area (Å²) in [6, 6.07) is 4.09. The molecule has 0 amide bonds. The Balaban J connectivity index is 2.59. The Labute approximate surface area is 106 Å². The normalized spacial score (nSPS) is 10.5. The lowest BCUT2D eigenvalue weighted by Gasteiger charge is -2.00. The number of nitrogens with zero attached hydrogens (tertiary/aromatic N) is 1. The van der Waals surface area contributed by atoms with E-state index in [4.69, 9.17) is 16.7 Å². The van der Waals surface area contributed by atoms with E-state index in [-0.39, 0.29) is 10.7 Å². The second-order valence-electron chi connectivity index (χ2n) is 3.34. The molecule has 0 fully saturated rings. The van der Waals surface area contributed by atoms with Gasteiger partial charge in [-0.05, 0) is 24.6 Å². The average molecular weight is 272 g/mol. The van der Waals surface area contributed by atoms with Gasteiger partial charge in [0, 0.05) is 0 Å². The summed E-state index contributed by atoms with van der Waals surface area (Å²) in [5, 5.41) is 9.60. The lowest BCUT2D eigenvalue weighted by atomic mass is 10.1. The van der Waals surface area contributed by atoms with Gasteiger partial charge >= 0.3 is 5.97 Å². The molecule has 0 aliphatic heterocycles. The Morgan fingerprint density at radius 2 is 2.24 bits per heavy atom. The second-order valence-corrected chi connectivity index (χ2v) is 4.96. The van der Waals surface area contributed by atoms with Gasteiger partial charge in [-0.25, -0.2) is 14.2 Å². The van der Waals surface area contributed by atoms with Crippen molar-refractivity contribution in [2.45, 2.75) is 6.92 Å². The molecule has 0 unspecified atom stereocenters. The van der Waals surface area contributed by atoms with Crippen molar-refractivity contribution in [1.82, 2.24) is 4.98 Å². The monoisotopic (exact) mass is 271 g/mol. The van der Waals surface area contributed by atoms with E-state index in [0.29, 0.717) is 15.4 Å². The molecular formula is C11H7ClFNO2S. The van der Waals surface area contributed by atoms with Gasteiger partial charge in [0.25, 0.3) is 0 Å². The zero-order valence-corrected chi connectivity index (χ0v) is 10.3. The molecule has 0 spiro atoms. The fraction of sp³-hybridized carbons (Fsp3) is 0.0909. The van der Waals surface area contributed by atoms with Crippen molar-refractivity contribution in [3.05, 3.63) is 39.7 Å². The van der Waals surface area contributed by atoms with Gasteiger partial charge in [0.05, 0.1) is 14.9 Å². The van der Waals surface area contributed by atoms with Crippen molar-refractivity contribution in [3.63, 3.8) is 0 Å². The number of hydrogen-bond donors (Lipinski definition) is 1. The molecule has 1 aromatic heterocycles. The van der Waals surface area contributed by atoms with Gasteiger partial charge in [-0.2, -0.15) is 0 Å². The molecular weight excluding hydrogens is 265 g/mol. The van der Waals surface area contributed by atoms with Crippen LogP contribution < -0.4 is 0 Å². The molecule has 2 aromatic rings. The molecule has 1 aromatic carbocycles. The van der Waals surface area contributed by atoms with Crippen LogP contribution >= 0.6 is 22.9 Å². The Kier molecular flexibility index (Phi) is 3.13. The van der Waals surface area contributed by atoms with Crippen LogP contribution in [0.1, 0.15) is 15.5 Å². The molecule has 0 aliphatic rings. The maximum absolute atomic E-state index is 13.0. The van der Waals surface area contributed by atoms with Crippen molar-refractivity contribution in [3.8, 4) is 10.4 Å². The van der Waals surface area contributed by atoms with E-state index >= 15 is 0 Å². The number of aryl methyl sites for hydroxylation is 1. The molecule has 0 radical (unpaired) electrons. The van der Waals surface area contributed by atoms with Gasteiger partial charge in [-0.1, -0.05) is 17.7 Å². The first kappa shape index (κ1) is 12.0. The second kappa shape index (κ2) is 4.43. The molecule has 1 heterocycles. The van der Waals surface area contributed by atoms with Gasteiger partial charge in [0.2, 0.25) is 0 Å². The third-order valence-electron chi connectivity index (χ3n) is 2.12. The molecule has 17 heavy (non-hydrogen) atoms. The van der Waals surface area contributed by atoms with E-state index in [1.165, 1.54) is 29.5 Å². The first-order valence-corrected chi connectivity index (χ1v) is 5.84. The molecule has 0 atom stereocenters. The van der Waals surface area contributed by atoms with E-state index in [9.17, 15) is 9.18 Å². The van der Waals surface area contributed by atoms with E-state index in [1.807, 2.05) is 0 Å². The van der Waals surface area contributed by atoms with E-state index < -0.39 is 11.8 Å². The number of carboxylic acids is 1. The number of thiazole rings is 1. The summed E-state index contributed by atoms with van der Waals surface area (Å²) in [7, 11) is 0. The topological polar surface area (TPSA) is 50.2 Å². The van der Waals surface area contributed by atoms with Crippen molar-refractivity contribution in [2.24, 2.45) is 0 Å². The highest BCUT2D eigenvalue weighted by Crippen LogP contribution is 2.32. The van der Waals surface area contributed by atoms with Crippen molar-refractivity contribution in [2.75, 3.05) is 0 Å². The third kappa shape index (κ3) is 2.30. The summed E-state index contributed by atoms with van der Waals surface area (Å²) in [4.78, 5) is 15.4. The number of benzene rings is 1. The zero-order chi connectivity index (χ0) is 12.6. The summed E-state index contributed by atoms with van der Waals surface area (Å²) in [6.45, 7) is 1.71. The first-order valence-electron chi connectivity index (χ1n) is 4.65. The predicted octanol–water partition coefficient (Wildman–Crippen LogP) is 3.61. The van der Waals surface area contributed by atoms with Crippen LogP contribution in [-0.4, -0.2) is 16.1 Å². The molecule has 2 rings (SSSR count). The Morgan fingerprint density at radius 1 is 1.53 bits per heavy atom. The molecule has 0 saturated heterocycles. The van der Waals surface area contributed by atoms with Crippen LogP contribution in [0.4, 0.5) is 4.39 Å². The molecule has 1 N–H and O–H groups in total. The van der Waals surface area contributed by atoms with Crippen LogP contribution in [0, 0.1) is 12.7 Å². The highest BCUT2D eigenvalue weighted by atomic mass is 35.5. The summed E-state index contributed by atoms with van der Waals surface area (Å²) in [6.07, 6.45) is 0. The number of carbonyl (C=O) groups is 1. The van der Waals surface area contributed by atoms with Gasteiger partial charge in [-0.3, -0.25) is 0 Å². The number of aromatic carboxylic acids is 1. The number of carboxylic acid groups (broad SMARTS) is 1. The van der Waals surface area contributed by atoms with Gasteiger partial charge in [-0.15, -0.1) is 11.3 Å². The summed E-state index contributed by atoms with van der Waals surface area (Å²) in [5.41, 5.74) is 0.523. The minimum Gasteiger partial charge on any atom is -0.476 e. The summed E-state index contributed by atoms with van der Waals surface area (Å²) < 4.78 is 13.0. The number of hydrogen-bond acceptors (Lipinski definition) is 3. The summed E-state index contributed by atoms with van der Waals surface area (Å²) >= 11 is 6.90. The van der Waals surface area contributed by atoms with Crippen molar-refractivity contribution < 1.29 is 14.3 Å². The predicted molar refractivity (Wildman–Crippen MR) is 64.2 cm³/mol. The van der Waals surface area contributed by atoms with Crippen molar-refractivity contribution >= 4 is 28.9 Å². The number of halogens is 2. The molecule has 88 valence electrons. The fourth-order valence-electron chi connectivity index (χ4n) is 1.41. The summed E-state index contributed by atoms with van der Waals surface area (Å²) in [5.74, 6) is -1.64. The van der Waals surface area contributed by atoms with Gasteiger partial charge in [0.1, 0.15) is 5.82 Å². The average Bonchev–Trinajstić information content (AvgIpc) is 2.64. The van der Waals surface area contributed by atoms with E-state index in [1.54, 1.807) is 6.92 Å².